The van der Waals surface area contributed by atoms with Gasteiger partial charge in [-0.25, -0.2) is 4.79 Å². The van der Waals surface area contributed by atoms with E-state index in [0.29, 0.717) is 0 Å². The second-order valence-corrected chi connectivity index (χ2v) is 2.61. The van der Waals surface area contributed by atoms with E-state index in [2.05, 4.69) is 0 Å². The molecule has 1 fully saturated rings. The molecule has 9 heteroatoms. The Morgan fingerprint density at radius 2 is 1.27 bits per heavy atom. The minimum absolute atomic E-state index is 0.210. The van der Waals surface area contributed by atoms with Crippen LogP contribution in [-0.2, 0) is 9.59 Å². The first kappa shape index (κ1) is 13.5. The van der Waals surface area contributed by atoms with Crippen LogP contribution < -0.4 is 0 Å². The summed E-state index contributed by atoms with van der Waals surface area (Å²) in [5, 5.41) is 0. The summed E-state index contributed by atoms with van der Waals surface area (Å²) in [4.78, 5) is 34.5. The van der Waals surface area contributed by atoms with Crippen LogP contribution in [0.25, 0.3) is 0 Å². The zero-order valence-corrected chi connectivity index (χ0v) is 8.04. The van der Waals surface area contributed by atoms with Gasteiger partial charge in [-0.2, -0.15) is 0 Å². The Labute approximate surface area is 84.0 Å². The second kappa shape index (κ2) is 5.37. The molecule has 0 bridgehead atoms. The van der Waals surface area contributed by atoms with E-state index in [1.807, 2.05) is 0 Å². The molecule has 1 heterocycles. The van der Waals surface area contributed by atoms with E-state index >= 15 is 0 Å². The smallest absolute Gasteiger partial charge is 0.274 e. The number of barbiturate groups is 1. The first-order valence-corrected chi connectivity index (χ1v) is 3.76. The molecule has 0 saturated carbocycles. The third-order valence-electron chi connectivity index (χ3n) is 1.62. The average molecular weight is 224 g/mol. The maximum atomic E-state index is 11.0. The fourth-order valence-electron chi connectivity index (χ4n) is 0.805. The van der Waals surface area contributed by atoms with Crippen LogP contribution in [0.1, 0.15) is 6.42 Å². The van der Waals surface area contributed by atoms with Gasteiger partial charge in [0.15, 0.2) is 0 Å². The number of imide groups is 2. The lowest BCUT2D eigenvalue weighted by Crippen LogP contribution is -2.51. The van der Waals surface area contributed by atoms with Crippen LogP contribution in [0, 0.1) is 0 Å². The summed E-state index contributed by atoms with van der Waals surface area (Å²) in [6.07, 6.45) is -0.210. The fraction of sp³-hybridized carbons (Fsp3) is 0.500. The third-order valence-corrected chi connectivity index (χ3v) is 1.62. The first-order chi connectivity index (χ1) is 6.77. The maximum Gasteiger partial charge on any atom is 0.762 e. The summed E-state index contributed by atoms with van der Waals surface area (Å²) >= 11 is 0. The molecule has 0 aromatic carbocycles. The molecule has 0 atom stereocenters. The van der Waals surface area contributed by atoms with Crippen molar-refractivity contribution in [2.75, 3.05) is 14.1 Å². The minimum atomic E-state index is -3.67. The van der Waals surface area contributed by atoms with Gasteiger partial charge >= 0.3 is 13.6 Å². The second-order valence-electron chi connectivity index (χ2n) is 2.61. The van der Waals surface area contributed by atoms with Crippen LogP contribution in [0.4, 0.5) is 17.7 Å². The van der Waals surface area contributed by atoms with Crippen molar-refractivity contribution in [3.05, 3.63) is 0 Å². The van der Waals surface area contributed by atoms with Gasteiger partial charge in [0.1, 0.15) is 6.42 Å². The zero-order chi connectivity index (χ0) is 12.2. The Hall–Kier alpha value is -1.54. The predicted octanol–water partition coefficient (Wildman–Crippen LogP) is 0.307. The molecular formula is C6H8BF3N2O3. The fourth-order valence-corrected chi connectivity index (χ4v) is 0.805. The predicted molar refractivity (Wildman–Crippen MR) is 44.6 cm³/mol. The molecule has 0 unspecified atom stereocenters. The summed E-state index contributed by atoms with van der Waals surface area (Å²) in [6.45, 7) is 0. The molecule has 1 aliphatic heterocycles. The molecule has 1 saturated heterocycles. The molecule has 0 aromatic heterocycles. The van der Waals surface area contributed by atoms with Crippen LogP contribution in [0.2, 0.25) is 0 Å². The number of carbonyl (C=O) groups is 3. The molecule has 84 valence electrons. The Morgan fingerprint density at radius 1 is 1.00 bits per heavy atom. The summed E-state index contributed by atoms with van der Waals surface area (Å²) < 4.78 is 29.0. The molecule has 0 aromatic rings. The molecule has 15 heavy (non-hydrogen) atoms. The number of rotatable bonds is 0. The molecule has 0 radical (unpaired) electrons. The number of amides is 4. The topological polar surface area (TPSA) is 57.7 Å². The van der Waals surface area contributed by atoms with Gasteiger partial charge in [-0.05, 0) is 0 Å². The number of carbonyl (C=O) groups excluding carboxylic acids is 3. The van der Waals surface area contributed by atoms with Gasteiger partial charge < -0.3 is 0 Å². The van der Waals surface area contributed by atoms with Gasteiger partial charge in [-0.3, -0.25) is 32.3 Å². The van der Waals surface area contributed by atoms with Crippen molar-refractivity contribution in [1.29, 1.82) is 0 Å². The Bertz CT molecular complexity index is 262. The zero-order valence-electron chi connectivity index (χ0n) is 8.04. The van der Waals surface area contributed by atoms with Gasteiger partial charge in [0.2, 0.25) is 11.8 Å². The highest BCUT2D eigenvalue weighted by Crippen LogP contribution is 2.06. The summed E-state index contributed by atoms with van der Waals surface area (Å²) in [7, 11) is -0.957. The first-order valence-electron chi connectivity index (χ1n) is 3.76. The van der Waals surface area contributed by atoms with Crippen molar-refractivity contribution in [3.8, 4) is 0 Å². The standard InChI is InChI=1S/C6H8N2O3.BF3/c1-7-4(9)3-5(10)8(2)6(7)11;2-1(3)4/h3H2,1-2H3;. The van der Waals surface area contributed by atoms with Crippen LogP contribution in [0.3, 0.4) is 0 Å². The number of hydrogen-bond donors (Lipinski definition) is 0. The Kier molecular flexibility index (Phi) is 4.82. The van der Waals surface area contributed by atoms with Gasteiger partial charge in [0.05, 0.1) is 0 Å². The largest absolute Gasteiger partial charge is 0.762 e. The molecule has 5 nitrogen and oxygen atoms in total. The van der Waals surface area contributed by atoms with Gasteiger partial charge in [0.25, 0.3) is 0 Å². The van der Waals surface area contributed by atoms with E-state index in [1.54, 1.807) is 0 Å². The molecule has 0 spiro atoms. The maximum absolute atomic E-state index is 11.0. The highest BCUT2D eigenvalue weighted by molar-refractivity contribution is 6.33. The Balaban J connectivity index is 0.000000423. The summed E-state index contributed by atoms with van der Waals surface area (Å²) in [5.74, 6) is -0.892. The number of hydrogen-bond acceptors (Lipinski definition) is 3. The van der Waals surface area contributed by atoms with Crippen molar-refractivity contribution >= 4 is 25.4 Å². The van der Waals surface area contributed by atoms with Crippen LogP contribution in [-0.4, -0.2) is 49.3 Å². The van der Waals surface area contributed by atoms with Crippen LogP contribution >= 0.6 is 0 Å². The van der Waals surface area contributed by atoms with Crippen molar-refractivity contribution in [1.82, 2.24) is 9.80 Å². The van der Waals surface area contributed by atoms with Gasteiger partial charge in [-0.15, -0.1) is 0 Å². The normalized spacial score (nSPS) is 16.2. The van der Waals surface area contributed by atoms with E-state index in [4.69, 9.17) is 0 Å². The highest BCUT2D eigenvalue weighted by Gasteiger charge is 2.32. The summed E-state index contributed by atoms with van der Waals surface area (Å²) in [5.41, 5.74) is 0. The van der Waals surface area contributed by atoms with Crippen molar-refractivity contribution in [3.63, 3.8) is 0 Å². The van der Waals surface area contributed by atoms with Crippen LogP contribution in [0.5, 0.6) is 0 Å². The molecule has 1 aliphatic rings. The summed E-state index contributed by atoms with van der Waals surface area (Å²) in [6, 6.07) is -0.564. The van der Waals surface area contributed by atoms with E-state index in [9.17, 15) is 27.3 Å². The van der Waals surface area contributed by atoms with Crippen LogP contribution in [0.15, 0.2) is 0 Å². The van der Waals surface area contributed by atoms with E-state index in [0.717, 1.165) is 9.80 Å². The molecule has 4 amide bonds. The van der Waals surface area contributed by atoms with Crippen molar-refractivity contribution in [2.45, 2.75) is 6.42 Å². The average Bonchev–Trinajstić information content (AvgIpc) is 2.11. The van der Waals surface area contributed by atoms with Crippen molar-refractivity contribution in [2.24, 2.45) is 0 Å². The van der Waals surface area contributed by atoms with Gasteiger partial charge in [0, 0.05) is 14.1 Å². The van der Waals surface area contributed by atoms with E-state index in [1.165, 1.54) is 14.1 Å². The quantitative estimate of drug-likeness (QED) is 0.439. The highest BCUT2D eigenvalue weighted by atomic mass is 19.4. The number of nitrogens with zero attached hydrogens (tertiary/aromatic N) is 2. The molecular weight excluding hydrogens is 216 g/mol. The van der Waals surface area contributed by atoms with Gasteiger partial charge in [-0.1, -0.05) is 0 Å². The van der Waals surface area contributed by atoms with E-state index < -0.39 is 25.4 Å². The monoisotopic (exact) mass is 224 g/mol. The number of urea groups is 1. The SMILES string of the molecule is CN1C(=O)CC(=O)N(C)C1=O.FB(F)F. The molecule has 0 N–H and O–H groups in total. The number of halogens is 3. The lowest BCUT2D eigenvalue weighted by atomic mass is 10.3. The van der Waals surface area contributed by atoms with Crippen molar-refractivity contribution < 1.29 is 27.3 Å². The van der Waals surface area contributed by atoms with E-state index in [-0.39, 0.29) is 6.42 Å². The lowest BCUT2D eigenvalue weighted by Gasteiger charge is -2.26. The molecule has 0 aliphatic carbocycles. The Morgan fingerprint density at radius 3 is 1.53 bits per heavy atom. The molecule has 1 rings (SSSR count). The lowest BCUT2D eigenvalue weighted by molar-refractivity contribution is -0.140. The third kappa shape index (κ3) is 4.00. The minimum Gasteiger partial charge on any atom is -0.274 e.